The maximum atomic E-state index is 13.1. The van der Waals surface area contributed by atoms with E-state index in [1.807, 2.05) is 35.7 Å². The summed E-state index contributed by atoms with van der Waals surface area (Å²) in [5, 5.41) is 2.80. The highest BCUT2D eigenvalue weighted by molar-refractivity contribution is 5.94. The van der Waals surface area contributed by atoms with E-state index in [1.54, 1.807) is 6.07 Å². The van der Waals surface area contributed by atoms with Crippen LogP contribution < -0.4 is 5.32 Å². The number of carbonyl (C=O) groups is 1. The van der Waals surface area contributed by atoms with Crippen molar-refractivity contribution in [1.82, 2.24) is 14.7 Å². The van der Waals surface area contributed by atoms with E-state index in [0.717, 1.165) is 17.0 Å². The molecule has 21 heavy (non-hydrogen) atoms. The largest absolute Gasteiger partial charge is 0.346 e. The molecule has 1 N–H and O–H groups in total. The Labute approximate surface area is 121 Å². The fraction of sp³-hybridized carbons (Fsp3) is 0.125. The van der Waals surface area contributed by atoms with Crippen LogP contribution in [0.2, 0.25) is 0 Å². The molecule has 2 aromatic heterocycles. The number of aryl methyl sites for hydroxylation is 1. The summed E-state index contributed by atoms with van der Waals surface area (Å²) < 4.78 is 15.1. The number of rotatable bonds is 3. The normalized spacial score (nSPS) is 10.8. The minimum Gasteiger partial charge on any atom is -0.346 e. The van der Waals surface area contributed by atoms with Crippen molar-refractivity contribution in [3.8, 4) is 0 Å². The molecule has 0 fully saturated rings. The first-order chi connectivity index (χ1) is 10.1. The van der Waals surface area contributed by atoms with Gasteiger partial charge in [0.15, 0.2) is 0 Å². The lowest BCUT2D eigenvalue weighted by Crippen LogP contribution is -2.24. The van der Waals surface area contributed by atoms with E-state index in [2.05, 4.69) is 10.3 Å². The average molecular weight is 283 g/mol. The number of pyridine rings is 1. The van der Waals surface area contributed by atoms with Gasteiger partial charge in [0.2, 0.25) is 0 Å². The molecule has 3 rings (SSSR count). The Bertz CT molecular complexity index is 810. The zero-order chi connectivity index (χ0) is 14.8. The third-order valence-electron chi connectivity index (χ3n) is 3.33. The van der Waals surface area contributed by atoms with E-state index in [-0.39, 0.29) is 5.91 Å². The number of benzene rings is 1. The van der Waals surface area contributed by atoms with Gasteiger partial charge in [-0.05, 0) is 37.3 Å². The molecule has 0 atom stereocenters. The van der Waals surface area contributed by atoms with Crippen molar-refractivity contribution in [2.24, 2.45) is 0 Å². The van der Waals surface area contributed by atoms with Gasteiger partial charge in [0, 0.05) is 11.8 Å². The average Bonchev–Trinajstić information content (AvgIpc) is 2.80. The van der Waals surface area contributed by atoms with E-state index in [0.29, 0.717) is 12.1 Å². The van der Waals surface area contributed by atoms with Crippen LogP contribution in [0.25, 0.3) is 5.65 Å². The van der Waals surface area contributed by atoms with E-state index in [1.165, 1.54) is 18.2 Å². The fourth-order valence-electron chi connectivity index (χ4n) is 2.27. The molecule has 0 unspecified atom stereocenters. The lowest BCUT2D eigenvalue weighted by Gasteiger charge is -2.06. The number of amides is 1. The van der Waals surface area contributed by atoms with Gasteiger partial charge in [-0.3, -0.25) is 4.79 Å². The molecule has 4 nitrogen and oxygen atoms in total. The second kappa shape index (κ2) is 5.36. The van der Waals surface area contributed by atoms with Gasteiger partial charge >= 0.3 is 0 Å². The molecule has 3 aromatic rings. The van der Waals surface area contributed by atoms with Gasteiger partial charge in [-0.25, -0.2) is 9.37 Å². The van der Waals surface area contributed by atoms with Crippen LogP contribution in [-0.4, -0.2) is 15.3 Å². The molecule has 0 aliphatic rings. The molecule has 0 bridgehead atoms. The first-order valence-electron chi connectivity index (χ1n) is 6.61. The number of hydrogen-bond acceptors (Lipinski definition) is 2. The summed E-state index contributed by atoms with van der Waals surface area (Å²) in [4.78, 5) is 16.5. The highest BCUT2D eigenvalue weighted by Gasteiger charge is 2.11. The zero-order valence-electron chi connectivity index (χ0n) is 11.5. The zero-order valence-corrected chi connectivity index (χ0v) is 11.5. The van der Waals surface area contributed by atoms with Crippen molar-refractivity contribution >= 4 is 11.6 Å². The minimum absolute atomic E-state index is 0.306. The van der Waals surface area contributed by atoms with Crippen molar-refractivity contribution in [3.63, 3.8) is 0 Å². The lowest BCUT2D eigenvalue weighted by molar-refractivity contribution is 0.0950. The molecule has 106 valence electrons. The molecule has 1 amide bonds. The van der Waals surface area contributed by atoms with Crippen LogP contribution in [0.5, 0.6) is 0 Å². The van der Waals surface area contributed by atoms with E-state index in [9.17, 15) is 9.18 Å². The number of hydrogen-bond donors (Lipinski definition) is 1. The molecule has 5 heteroatoms. The molecule has 0 saturated carbocycles. The number of nitrogens with zero attached hydrogens (tertiary/aromatic N) is 2. The maximum Gasteiger partial charge on any atom is 0.251 e. The molecule has 0 saturated heterocycles. The van der Waals surface area contributed by atoms with Gasteiger partial charge in [0.05, 0.1) is 17.9 Å². The van der Waals surface area contributed by atoms with Crippen LogP contribution in [0.3, 0.4) is 0 Å². The number of imidazole rings is 1. The third-order valence-corrected chi connectivity index (χ3v) is 3.33. The quantitative estimate of drug-likeness (QED) is 0.803. The summed E-state index contributed by atoms with van der Waals surface area (Å²) >= 11 is 0. The molecular weight excluding hydrogens is 269 g/mol. The summed E-state index contributed by atoms with van der Waals surface area (Å²) in [6.45, 7) is 2.24. The Morgan fingerprint density at radius 3 is 2.95 bits per heavy atom. The van der Waals surface area contributed by atoms with Crippen LogP contribution in [-0.2, 0) is 6.54 Å². The second-order valence-corrected chi connectivity index (χ2v) is 4.77. The van der Waals surface area contributed by atoms with Gasteiger partial charge in [0.1, 0.15) is 11.5 Å². The summed E-state index contributed by atoms with van der Waals surface area (Å²) in [5.41, 5.74) is 2.92. The van der Waals surface area contributed by atoms with Crippen molar-refractivity contribution in [3.05, 3.63) is 71.4 Å². The number of nitrogens with one attached hydrogen (secondary N) is 1. The Hall–Kier alpha value is -2.69. The molecule has 0 aliphatic heterocycles. The number of fused-ring (bicyclic) bond motifs is 1. The smallest absolute Gasteiger partial charge is 0.251 e. The summed E-state index contributed by atoms with van der Waals surface area (Å²) in [6.07, 6.45) is 1.90. The second-order valence-electron chi connectivity index (χ2n) is 4.77. The Balaban J connectivity index is 1.80. The maximum absolute atomic E-state index is 13.1. The van der Waals surface area contributed by atoms with Crippen molar-refractivity contribution in [2.75, 3.05) is 0 Å². The number of halogens is 1. The van der Waals surface area contributed by atoms with Gasteiger partial charge < -0.3 is 9.72 Å². The summed E-state index contributed by atoms with van der Waals surface area (Å²) in [7, 11) is 0. The molecular formula is C16H14FN3O. The predicted octanol–water partition coefficient (Wildman–Crippen LogP) is 2.71. The molecule has 2 heterocycles. The molecule has 1 aromatic carbocycles. The predicted molar refractivity (Wildman–Crippen MR) is 77.5 cm³/mol. The lowest BCUT2D eigenvalue weighted by atomic mass is 10.2. The van der Waals surface area contributed by atoms with Crippen LogP contribution >= 0.6 is 0 Å². The van der Waals surface area contributed by atoms with Crippen LogP contribution in [0.15, 0.2) is 48.7 Å². The number of aromatic nitrogens is 2. The third kappa shape index (κ3) is 2.63. The highest BCUT2D eigenvalue weighted by atomic mass is 19.1. The first-order valence-corrected chi connectivity index (χ1v) is 6.61. The Kier molecular flexibility index (Phi) is 3.39. The molecule has 0 spiro atoms. The number of carbonyl (C=O) groups excluding carboxylic acids is 1. The SMILES string of the molecule is Cc1nc2ccccn2c1CNC(=O)c1cccc(F)c1. The highest BCUT2D eigenvalue weighted by Crippen LogP contribution is 2.12. The van der Waals surface area contributed by atoms with Gasteiger partial charge in [0.25, 0.3) is 5.91 Å². The van der Waals surface area contributed by atoms with Crippen LogP contribution in [0, 0.1) is 12.7 Å². The van der Waals surface area contributed by atoms with Gasteiger partial charge in [-0.15, -0.1) is 0 Å². The van der Waals surface area contributed by atoms with Crippen molar-refractivity contribution < 1.29 is 9.18 Å². The van der Waals surface area contributed by atoms with Crippen LogP contribution in [0.1, 0.15) is 21.7 Å². The topological polar surface area (TPSA) is 46.4 Å². The van der Waals surface area contributed by atoms with E-state index < -0.39 is 5.82 Å². The molecule has 0 aliphatic carbocycles. The van der Waals surface area contributed by atoms with Crippen LogP contribution in [0.4, 0.5) is 4.39 Å². The van der Waals surface area contributed by atoms with Crippen molar-refractivity contribution in [2.45, 2.75) is 13.5 Å². The van der Waals surface area contributed by atoms with E-state index >= 15 is 0 Å². The summed E-state index contributed by atoms with van der Waals surface area (Å²) in [6, 6.07) is 11.4. The molecule has 0 radical (unpaired) electrons. The van der Waals surface area contributed by atoms with E-state index in [4.69, 9.17) is 0 Å². The first kappa shape index (κ1) is 13.3. The fourth-order valence-corrected chi connectivity index (χ4v) is 2.27. The standard InChI is InChI=1S/C16H14FN3O/c1-11-14(20-8-3-2-7-15(20)19-11)10-18-16(21)12-5-4-6-13(17)9-12/h2-9H,10H2,1H3,(H,18,21). The van der Waals surface area contributed by atoms with Gasteiger partial charge in [-0.2, -0.15) is 0 Å². The Morgan fingerprint density at radius 1 is 1.29 bits per heavy atom. The minimum atomic E-state index is -0.423. The monoisotopic (exact) mass is 283 g/mol. The Morgan fingerprint density at radius 2 is 2.14 bits per heavy atom. The van der Waals surface area contributed by atoms with Crippen molar-refractivity contribution in [1.29, 1.82) is 0 Å². The summed E-state index contributed by atoms with van der Waals surface area (Å²) in [5.74, 6) is -0.728. The van der Waals surface area contributed by atoms with Gasteiger partial charge in [-0.1, -0.05) is 12.1 Å².